The fourth-order valence-corrected chi connectivity index (χ4v) is 4.26. The second-order valence-corrected chi connectivity index (χ2v) is 8.09. The Kier molecular flexibility index (Phi) is 6.69. The van der Waals surface area contributed by atoms with Crippen LogP contribution in [0.2, 0.25) is 0 Å². The molecule has 2 aromatic carbocycles. The molecule has 140 valence electrons. The Morgan fingerprint density at radius 3 is 2.52 bits per heavy atom. The summed E-state index contributed by atoms with van der Waals surface area (Å²) in [6.07, 6.45) is 4.05. The third-order valence-electron chi connectivity index (χ3n) is 4.44. The van der Waals surface area contributed by atoms with Crippen LogP contribution >= 0.6 is 24.0 Å². The Bertz CT molecular complexity index is 831. The summed E-state index contributed by atoms with van der Waals surface area (Å²) in [7, 11) is 0. The predicted octanol–water partition coefficient (Wildman–Crippen LogP) is 5.83. The lowest BCUT2D eigenvalue weighted by molar-refractivity contribution is -0.123. The number of hydrogen-bond acceptors (Lipinski definition) is 4. The minimum Gasteiger partial charge on any atom is -0.494 e. The number of carbonyl (C=O) groups excluding carboxylic acids is 1. The third kappa shape index (κ3) is 4.79. The second-order valence-electron chi connectivity index (χ2n) is 6.41. The second kappa shape index (κ2) is 9.20. The molecule has 1 atom stereocenters. The molecule has 27 heavy (non-hydrogen) atoms. The van der Waals surface area contributed by atoms with Gasteiger partial charge in [0.05, 0.1) is 17.6 Å². The maximum absolute atomic E-state index is 12.9. The van der Waals surface area contributed by atoms with Crippen molar-refractivity contribution in [2.24, 2.45) is 0 Å². The topological polar surface area (TPSA) is 29.5 Å². The lowest BCUT2D eigenvalue weighted by Gasteiger charge is -2.23. The van der Waals surface area contributed by atoms with Crippen molar-refractivity contribution in [3.05, 3.63) is 70.6 Å². The van der Waals surface area contributed by atoms with Gasteiger partial charge in [0.25, 0.3) is 5.91 Å². The van der Waals surface area contributed by atoms with E-state index in [1.807, 2.05) is 67.6 Å². The molecule has 1 fully saturated rings. The summed E-state index contributed by atoms with van der Waals surface area (Å²) in [6.45, 7) is 4.87. The number of thiocarbonyl (C=S) groups is 1. The number of nitrogens with zero attached hydrogens (tertiary/aromatic N) is 1. The van der Waals surface area contributed by atoms with E-state index in [4.69, 9.17) is 17.0 Å². The third-order valence-corrected chi connectivity index (χ3v) is 5.77. The molecule has 1 saturated heterocycles. The van der Waals surface area contributed by atoms with Crippen molar-refractivity contribution < 1.29 is 9.53 Å². The van der Waals surface area contributed by atoms with E-state index in [0.29, 0.717) is 9.23 Å². The smallest absolute Gasteiger partial charge is 0.266 e. The highest BCUT2D eigenvalue weighted by Crippen LogP contribution is 2.38. The van der Waals surface area contributed by atoms with Crippen molar-refractivity contribution in [2.45, 2.75) is 32.7 Å². The first-order valence-electron chi connectivity index (χ1n) is 9.15. The number of unbranched alkanes of at least 4 members (excludes halogenated alkanes) is 1. The van der Waals surface area contributed by atoms with Gasteiger partial charge >= 0.3 is 0 Å². The van der Waals surface area contributed by atoms with Gasteiger partial charge < -0.3 is 4.74 Å². The van der Waals surface area contributed by atoms with E-state index >= 15 is 0 Å². The minimum atomic E-state index is -0.0843. The Morgan fingerprint density at radius 2 is 1.85 bits per heavy atom. The predicted molar refractivity (Wildman–Crippen MR) is 117 cm³/mol. The summed E-state index contributed by atoms with van der Waals surface area (Å²) in [5.41, 5.74) is 2.04. The van der Waals surface area contributed by atoms with Crippen LogP contribution in [0.3, 0.4) is 0 Å². The summed E-state index contributed by atoms with van der Waals surface area (Å²) in [6, 6.07) is 17.7. The van der Waals surface area contributed by atoms with E-state index in [-0.39, 0.29) is 11.9 Å². The van der Waals surface area contributed by atoms with Crippen molar-refractivity contribution in [3.8, 4) is 5.75 Å². The van der Waals surface area contributed by atoms with Crippen LogP contribution in [0.25, 0.3) is 6.08 Å². The highest BCUT2D eigenvalue weighted by atomic mass is 32.2. The standard InChI is InChI=1S/C22H23NO2S2/c1-3-4-14-25-19-12-10-17(11-13-19)15-20-21(24)23(22(26)27-20)16(2)18-8-6-5-7-9-18/h5-13,15-16H,3-4,14H2,1-2H3/b20-15+/t16-/m0/s1. The molecule has 5 heteroatoms. The van der Waals surface area contributed by atoms with Crippen molar-refractivity contribution in [3.63, 3.8) is 0 Å². The van der Waals surface area contributed by atoms with Gasteiger partial charge in [-0.2, -0.15) is 0 Å². The van der Waals surface area contributed by atoms with E-state index in [0.717, 1.165) is 36.3 Å². The quantitative estimate of drug-likeness (QED) is 0.334. The first-order valence-corrected chi connectivity index (χ1v) is 10.4. The van der Waals surface area contributed by atoms with Crippen LogP contribution in [0.5, 0.6) is 5.75 Å². The molecule has 1 aliphatic rings. The van der Waals surface area contributed by atoms with Crippen LogP contribution in [-0.4, -0.2) is 21.7 Å². The monoisotopic (exact) mass is 397 g/mol. The number of benzene rings is 2. The Morgan fingerprint density at radius 1 is 1.15 bits per heavy atom. The molecular formula is C22H23NO2S2. The average Bonchev–Trinajstić information content (AvgIpc) is 2.97. The molecule has 1 amide bonds. The van der Waals surface area contributed by atoms with Gasteiger partial charge in [-0.15, -0.1) is 0 Å². The van der Waals surface area contributed by atoms with Crippen LogP contribution in [0.1, 0.15) is 43.9 Å². The zero-order chi connectivity index (χ0) is 19.2. The molecule has 0 saturated carbocycles. The summed E-state index contributed by atoms with van der Waals surface area (Å²) in [4.78, 5) is 15.3. The van der Waals surface area contributed by atoms with E-state index in [9.17, 15) is 4.79 Å². The fraction of sp³-hybridized carbons (Fsp3) is 0.273. The molecule has 3 nitrogen and oxygen atoms in total. The summed E-state index contributed by atoms with van der Waals surface area (Å²) in [5, 5.41) is 0. The molecule has 0 spiro atoms. The van der Waals surface area contributed by atoms with Crippen molar-refractivity contribution in [2.75, 3.05) is 6.61 Å². The molecule has 3 rings (SSSR count). The maximum Gasteiger partial charge on any atom is 0.266 e. The number of rotatable bonds is 7. The minimum absolute atomic E-state index is 0.0374. The van der Waals surface area contributed by atoms with Gasteiger partial charge in [-0.3, -0.25) is 9.69 Å². The van der Waals surface area contributed by atoms with E-state index in [1.54, 1.807) is 4.90 Å². The molecule has 0 aromatic heterocycles. The molecule has 0 N–H and O–H groups in total. The number of thioether (sulfide) groups is 1. The largest absolute Gasteiger partial charge is 0.494 e. The molecule has 0 radical (unpaired) electrons. The first-order chi connectivity index (χ1) is 13.1. The average molecular weight is 398 g/mol. The SMILES string of the molecule is CCCCOc1ccc(/C=C2/SC(=S)N([C@@H](C)c3ccccc3)C2=O)cc1. The zero-order valence-electron chi connectivity index (χ0n) is 15.6. The van der Waals surface area contributed by atoms with Gasteiger partial charge in [-0.1, -0.05) is 79.8 Å². The fourth-order valence-electron chi connectivity index (χ4n) is 2.84. The molecule has 0 bridgehead atoms. The maximum atomic E-state index is 12.9. The number of ether oxygens (including phenoxy) is 1. The summed E-state index contributed by atoms with van der Waals surface area (Å²) < 4.78 is 6.28. The lowest BCUT2D eigenvalue weighted by atomic mass is 10.1. The van der Waals surface area contributed by atoms with E-state index < -0.39 is 0 Å². The molecule has 1 aliphatic heterocycles. The van der Waals surface area contributed by atoms with Crippen LogP contribution in [0.15, 0.2) is 59.5 Å². The number of amides is 1. The van der Waals surface area contributed by atoms with E-state index in [1.165, 1.54) is 11.8 Å². The first kappa shape index (κ1) is 19.6. The molecule has 0 aliphatic carbocycles. The molecular weight excluding hydrogens is 374 g/mol. The highest BCUT2D eigenvalue weighted by Gasteiger charge is 2.35. The van der Waals surface area contributed by atoms with Gasteiger partial charge in [0.15, 0.2) is 0 Å². The van der Waals surface area contributed by atoms with Crippen LogP contribution < -0.4 is 4.74 Å². The molecule has 0 unspecified atom stereocenters. The van der Waals surface area contributed by atoms with Crippen LogP contribution in [0, 0.1) is 0 Å². The lowest BCUT2D eigenvalue weighted by Crippen LogP contribution is -2.30. The van der Waals surface area contributed by atoms with Gasteiger partial charge in [0.2, 0.25) is 0 Å². The Labute approximate surface area is 170 Å². The van der Waals surface area contributed by atoms with Crippen molar-refractivity contribution in [1.29, 1.82) is 0 Å². The van der Waals surface area contributed by atoms with E-state index in [2.05, 4.69) is 6.92 Å². The van der Waals surface area contributed by atoms with Crippen LogP contribution in [-0.2, 0) is 4.79 Å². The van der Waals surface area contributed by atoms with Crippen LogP contribution in [0.4, 0.5) is 0 Å². The number of carbonyl (C=O) groups is 1. The van der Waals surface area contributed by atoms with Gasteiger partial charge in [0, 0.05) is 0 Å². The van der Waals surface area contributed by atoms with Gasteiger partial charge in [-0.05, 0) is 42.7 Å². The summed E-state index contributed by atoms with van der Waals surface area (Å²) >= 11 is 6.83. The Hall–Kier alpha value is -2.11. The van der Waals surface area contributed by atoms with Crippen molar-refractivity contribution in [1.82, 2.24) is 4.90 Å². The molecule has 1 heterocycles. The Balaban J connectivity index is 1.72. The summed E-state index contributed by atoms with van der Waals surface area (Å²) in [5.74, 6) is 0.815. The highest BCUT2D eigenvalue weighted by molar-refractivity contribution is 8.26. The van der Waals surface area contributed by atoms with Crippen molar-refractivity contribution >= 4 is 40.3 Å². The van der Waals surface area contributed by atoms with Gasteiger partial charge in [0.1, 0.15) is 10.1 Å². The number of hydrogen-bond donors (Lipinski definition) is 0. The molecule has 2 aromatic rings. The normalized spacial score (nSPS) is 16.8. The zero-order valence-corrected chi connectivity index (χ0v) is 17.2. The van der Waals surface area contributed by atoms with Gasteiger partial charge in [-0.25, -0.2) is 0 Å².